The molecule has 2 rings (SSSR count). The zero-order chi connectivity index (χ0) is 16.7. The first-order valence-electron chi connectivity index (χ1n) is 7.39. The summed E-state index contributed by atoms with van der Waals surface area (Å²) in [6, 6.07) is 1.93. The van der Waals surface area contributed by atoms with Crippen molar-refractivity contribution in [2.75, 3.05) is 19.9 Å². The van der Waals surface area contributed by atoms with E-state index in [1.54, 1.807) is 20.4 Å². The van der Waals surface area contributed by atoms with E-state index in [-0.39, 0.29) is 0 Å². The Bertz CT molecular complexity index is 596. The van der Waals surface area contributed by atoms with E-state index in [1.165, 1.54) is 0 Å². The maximum atomic E-state index is 6.17. The molecule has 0 aliphatic carbocycles. The highest BCUT2D eigenvalue weighted by molar-refractivity contribution is 6.63. The van der Waals surface area contributed by atoms with Crippen molar-refractivity contribution in [3.05, 3.63) is 17.2 Å². The van der Waals surface area contributed by atoms with Crippen molar-refractivity contribution in [1.29, 1.82) is 0 Å². The first-order chi connectivity index (χ1) is 10.1. The van der Waals surface area contributed by atoms with Gasteiger partial charge in [-0.1, -0.05) is 0 Å². The summed E-state index contributed by atoms with van der Waals surface area (Å²) in [5, 5.41) is 0. The van der Waals surface area contributed by atoms with Crippen LogP contribution < -0.4 is 15.9 Å². The fourth-order valence-electron chi connectivity index (χ4n) is 2.53. The van der Waals surface area contributed by atoms with Gasteiger partial charge in [0, 0.05) is 35.5 Å². The van der Waals surface area contributed by atoms with Gasteiger partial charge < -0.3 is 19.8 Å². The van der Waals surface area contributed by atoms with Crippen LogP contribution >= 0.6 is 0 Å². The lowest BCUT2D eigenvalue weighted by atomic mass is 9.76. The van der Waals surface area contributed by atoms with Gasteiger partial charge in [-0.2, -0.15) is 0 Å². The summed E-state index contributed by atoms with van der Waals surface area (Å²) in [7, 11) is 2.85. The Morgan fingerprint density at radius 3 is 2.23 bits per heavy atom. The zero-order valence-electron chi connectivity index (χ0n) is 14.5. The van der Waals surface area contributed by atoms with E-state index < -0.39 is 18.3 Å². The second-order valence-corrected chi connectivity index (χ2v) is 6.60. The molecule has 22 heavy (non-hydrogen) atoms. The van der Waals surface area contributed by atoms with E-state index in [0.717, 1.165) is 16.6 Å². The third-order valence-electron chi connectivity index (χ3n) is 4.61. The Morgan fingerprint density at radius 1 is 1.23 bits per heavy atom. The minimum atomic E-state index is -0.497. The van der Waals surface area contributed by atoms with Gasteiger partial charge in [0.25, 0.3) is 0 Å². The highest BCUT2D eigenvalue weighted by Gasteiger charge is 2.52. The minimum Gasteiger partial charge on any atom is -0.497 e. The molecular weight excluding hydrogens is 279 g/mol. The van der Waals surface area contributed by atoms with Crippen molar-refractivity contribution in [3.8, 4) is 5.75 Å². The molecule has 0 spiro atoms. The lowest BCUT2D eigenvalue weighted by molar-refractivity contribution is 0.00578. The van der Waals surface area contributed by atoms with Crippen LogP contribution in [-0.4, -0.2) is 38.7 Å². The monoisotopic (exact) mass is 304 g/mol. The maximum absolute atomic E-state index is 6.17. The van der Waals surface area contributed by atoms with Crippen LogP contribution in [0.4, 0.5) is 5.69 Å². The van der Waals surface area contributed by atoms with Crippen molar-refractivity contribution in [1.82, 2.24) is 0 Å². The number of rotatable bonds is 3. The van der Waals surface area contributed by atoms with Crippen LogP contribution in [0, 0.1) is 6.92 Å². The van der Waals surface area contributed by atoms with Crippen LogP contribution in [0.25, 0.3) is 0 Å². The Kier molecular flexibility index (Phi) is 4.28. The molecule has 0 atom stereocenters. The summed E-state index contributed by atoms with van der Waals surface area (Å²) in [4.78, 5) is 4.06. The van der Waals surface area contributed by atoms with E-state index in [9.17, 15) is 0 Å². The average molecular weight is 304 g/mol. The van der Waals surface area contributed by atoms with Gasteiger partial charge in [-0.15, -0.1) is 0 Å². The lowest BCUT2D eigenvalue weighted by Crippen LogP contribution is -2.41. The Balaban J connectivity index is 2.56. The van der Waals surface area contributed by atoms with E-state index in [4.69, 9.17) is 19.8 Å². The van der Waals surface area contributed by atoms with E-state index in [1.807, 2.05) is 40.7 Å². The molecular formula is C16H25BN2O3. The van der Waals surface area contributed by atoms with Crippen LogP contribution in [0.15, 0.2) is 11.1 Å². The first-order valence-corrected chi connectivity index (χ1v) is 7.39. The number of hydrogen-bond donors (Lipinski definition) is 1. The fraction of sp³-hybridized carbons (Fsp3) is 0.562. The van der Waals surface area contributed by atoms with Gasteiger partial charge in [-0.25, -0.2) is 0 Å². The topological polar surface area (TPSA) is 66.1 Å². The number of nitrogen functional groups attached to an aromatic ring is 1. The van der Waals surface area contributed by atoms with Crippen molar-refractivity contribution in [2.45, 2.75) is 45.8 Å². The molecule has 0 amide bonds. The summed E-state index contributed by atoms with van der Waals surface area (Å²) in [6.45, 7) is 10.0. The minimum absolute atomic E-state index is 0.406. The molecule has 0 unspecified atom stereocenters. The number of anilines is 1. The van der Waals surface area contributed by atoms with Gasteiger partial charge in [0.2, 0.25) is 0 Å². The number of nitrogens with zero attached hydrogens (tertiary/aromatic N) is 1. The molecule has 5 nitrogen and oxygen atoms in total. The van der Waals surface area contributed by atoms with Crippen LogP contribution in [0.1, 0.15) is 38.8 Å². The van der Waals surface area contributed by atoms with Gasteiger partial charge in [0.05, 0.1) is 18.3 Å². The van der Waals surface area contributed by atoms with Crippen LogP contribution in [0.5, 0.6) is 5.75 Å². The predicted octanol–water partition coefficient (Wildman–Crippen LogP) is 1.93. The quantitative estimate of drug-likeness (QED) is 0.526. The van der Waals surface area contributed by atoms with Gasteiger partial charge in [-0.3, -0.25) is 4.99 Å². The summed E-state index contributed by atoms with van der Waals surface area (Å²) < 4.78 is 17.8. The first kappa shape index (κ1) is 16.8. The van der Waals surface area contributed by atoms with Gasteiger partial charge in [0.1, 0.15) is 5.75 Å². The highest BCUT2D eigenvalue weighted by Crippen LogP contribution is 2.38. The fourth-order valence-corrected chi connectivity index (χ4v) is 2.53. The van der Waals surface area contributed by atoms with Crippen molar-refractivity contribution < 1.29 is 14.0 Å². The second kappa shape index (κ2) is 5.59. The van der Waals surface area contributed by atoms with Crippen LogP contribution in [-0.2, 0) is 9.31 Å². The summed E-state index contributed by atoms with van der Waals surface area (Å²) in [5.41, 5.74) is 8.55. The van der Waals surface area contributed by atoms with Crippen LogP contribution in [0.3, 0.4) is 0 Å². The average Bonchev–Trinajstić information content (AvgIpc) is 2.64. The molecule has 1 aliphatic heterocycles. The number of benzene rings is 1. The third kappa shape index (κ3) is 2.61. The molecule has 1 aliphatic rings. The summed E-state index contributed by atoms with van der Waals surface area (Å²) in [5.74, 6) is 0.698. The second-order valence-electron chi connectivity index (χ2n) is 6.60. The van der Waals surface area contributed by atoms with E-state index in [2.05, 4.69) is 4.99 Å². The normalized spacial score (nSPS) is 19.9. The number of ether oxygens (including phenoxy) is 1. The van der Waals surface area contributed by atoms with E-state index >= 15 is 0 Å². The molecule has 0 bridgehead atoms. The zero-order valence-corrected chi connectivity index (χ0v) is 14.5. The molecule has 1 heterocycles. The molecule has 1 saturated heterocycles. The summed E-state index contributed by atoms with van der Waals surface area (Å²) >= 11 is 0. The van der Waals surface area contributed by atoms with Crippen LogP contribution in [0.2, 0.25) is 0 Å². The molecule has 2 N–H and O–H groups in total. The smallest absolute Gasteiger partial charge is 0.497 e. The number of methoxy groups -OCH3 is 1. The Morgan fingerprint density at radius 2 is 1.77 bits per heavy atom. The van der Waals surface area contributed by atoms with Crippen molar-refractivity contribution >= 4 is 24.5 Å². The summed E-state index contributed by atoms with van der Waals surface area (Å²) in [6.07, 6.45) is 1.73. The standard InChI is InChI=1S/C16H25BN2O3/c1-10-13(18)11(9-19-6)8-12(14(10)20-7)17-21-15(2,3)16(4,5)22-17/h8-9H,18H2,1-7H3. The molecule has 1 aromatic carbocycles. The largest absolute Gasteiger partial charge is 0.498 e. The molecule has 1 aromatic rings. The highest BCUT2D eigenvalue weighted by atomic mass is 16.7. The number of hydrogen-bond acceptors (Lipinski definition) is 5. The molecule has 1 fully saturated rings. The Hall–Kier alpha value is -1.53. The van der Waals surface area contributed by atoms with Gasteiger partial charge in [-0.05, 0) is 40.7 Å². The van der Waals surface area contributed by atoms with Gasteiger partial charge in [0.15, 0.2) is 0 Å². The number of aliphatic imine (C=N–C) groups is 1. The molecule has 0 aromatic heterocycles. The third-order valence-corrected chi connectivity index (χ3v) is 4.61. The van der Waals surface area contributed by atoms with E-state index in [0.29, 0.717) is 11.4 Å². The molecule has 6 heteroatoms. The Labute approximate surface area is 133 Å². The molecule has 0 saturated carbocycles. The predicted molar refractivity (Wildman–Crippen MR) is 91.4 cm³/mol. The lowest BCUT2D eigenvalue weighted by Gasteiger charge is -2.32. The molecule has 0 radical (unpaired) electrons. The molecule has 120 valence electrons. The van der Waals surface area contributed by atoms with Crippen molar-refractivity contribution in [3.63, 3.8) is 0 Å². The SMILES string of the molecule is CN=Cc1cc(B2OC(C)(C)C(C)(C)O2)c(OC)c(C)c1N. The maximum Gasteiger partial charge on any atom is 0.498 e. The van der Waals surface area contributed by atoms with Crippen molar-refractivity contribution in [2.24, 2.45) is 4.99 Å². The number of nitrogens with two attached hydrogens (primary N) is 1. The van der Waals surface area contributed by atoms with Gasteiger partial charge >= 0.3 is 7.12 Å².